The molecule has 4 rings (SSSR count). The van der Waals surface area contributed by atoms with Crippen LogP contribution < -0.4 is 11.1 Å². The number of halogens is 1. The van der Waals surface area contributed by atoms with Gasteiger partial charge in [-0.2, -0.15) is 5.10 Å². The minimum atomic E-state index is 0. The maximum atomic E-state index is 6.23. The summed E-state index contributed by atoms with van der Waals surface area (Å²) in [5.41, 5.74) is 7.56. The Labute approximate surface area is 180 Å². The third-order valence-electron chi connectivity index (χ3n) is 6.43. The summed E-state index contributed by atoms with van der Waals surface area (Å²) >= 11 is 0. The molecule has 1 aromatic rings. The van der Waals surface area contributed by atoms with Crippen molar-refractivity contribution in [2.45, 2.75) is 75.9 Å². The van der Waals surface area contributed by atoms with Gasteiger partial charge in [0.25, 0.3) is 0 Å². The summed E-state index contributed by atoms with van der Waals surface area (Å²) in [6, 6.07) is 3.90. The highest BCUT2D eigenvalue weighted by molar-refractivity contribution is 14.0. The summed E-state index contributed by atoms with van der Waals surface area (Å²) in [4.78, 5) is 7.49. The zero-order chi connectivity index (χ0) is 17.9. The first-order valence-corrected chi connectivity index (χ1v) is 10.5. The van der Waals surface area contributed by atoms with Gasteiger partial charge in [0.15, 0.2) is 5.96 Å². The third kappa shape index (κ3) is 5.16. The number of hydrogen-bond acceptors (Lipinski definition) is 3. The quantitative estimate of drug-likeness (QED) is 0.381. The van der Waals surface area contributed by atoms with Crippen LogP contribution in [0.25, 0.3) is 0 Å². The van der Waals surface area contributed by atoms with E-state index in [-0.39, 0.29) is 24.0 Å². The number of likely N-dealkylation sites (tertiary alicyclic amines) is 1. The lowest BCUT2D eigenvalue weighted by Gasteiger charge is -2.41. The van der Waals surface area contributed by atoms with E-state index in [1.807, 2.05) is 10.9 Å². The van der Waals surface area contributed by atoms with Gasteiger partial charge in [-0.25, -0.2) is 0 Å². The van der Waals surface area contributed by atoms with Crippen LogP contribution in [0.4, 0.5) is 0 Å². The zero-order valence-corrected chi connectivity index (χ0v) is 18.8. The Morgan fingerprint density at radius 3 is 2.63 bits per heavy atom. The number of nitrogens with two attached hydrogens (primary N) is 1. The molecule has 6 nitrogen and oxygen atoms in total. The van der Waals surface area contributed by atoms with Crippen molar-refractivity contribution in [1.29, 1.82) is 0 Å². The van der Waals surface area contributed by atoms with E-state index in [0.29, 0.717) is 24.0 Å². The Morgan fingerprint density at radius 2 is 1.96 bits per heavy atom. The van der Waals surface area contributed by atoms with Crippen LogP contribution in [0, 0.1) is 5.92 Å². The average molecular weight is 486 g/mol. The molecule has 27 heavy (non-hydrogen) atoms. The second kappa shape index (κ2) is 9.58. The molecule has 2 heterocycles. The van der Waals surface area contributed by atoms with Crippen LogP contribution in [0.2, 0.25) is 0 Å². The van der Waals surface area contributed by atoms with Gasteiger partial charge in [0.1, 0.15) is 0 Å². The molecule has 152 valence electrons. The summed E-state index contributed by atoms with van der Waals surface area (Å²) in [5, 5.41) is 7.89. The second-order valence-electron chi connectivity index (χ2n) is 8.40. The standard InChI is InChI=1S/C20H34N6.HI/c1-25-18(11-12-23-25)19-15(6-5-13-26(19)17-9-10-17)14-22-20(21)24-16-7-3-2-4-8-16;/h11-12,15-17,19H,2-10,13-14H2,1H3,(H3,21,22,24);1H/t15-,19+;/m0./s1. The Bertz CT molecular complexity index is 620. The van der Waals surface area contributed by atoms with Gasteiger partial charge in [0, 0.05) is 31.9 Å². The first kappa shape index (κ1) is 20.9. The van der Waals surface area contributed by atoms with Crippen molar-refractivity contribution in [2.24, 2.45) is 23.7 Å². The zero-order valence-electron chi connectivity index (χ0n) is 16.5. The van der Waals surface area contributed by atoms with Gasteiger partial charge in [-0.15, -0.1) is 24.0 Å². The van der Waals surface area contributed by atoms with Gasteiger partial charge in [0.05, 0.1) is 11.7 Å². The highest BCUT2D eigenvalue weighted by Crippen LogP contribution is 2.42. The normalized spacial score (nSPS) is 28.0. The molecule has 3 fully saturated rings. The first-order chi connectivity index (χ1) is 12.7. The van der Waals surface area contributed by atoms with E-state index in [2.05, 4.69) is 28.4 Å². The van der Waals surface area contributed by atoms with E-state index in [0.717, 1.165) is 12.6 Å². The van der Waals surface area contributed by atoms with Gasteiger partial charge in [-0.05, 0) is 57.1 Å². The Morgan fingerprint density at radius 1 is 1.19 bits per heavy atom. The predicted octanol–water partition coefficient (Wildman–Crippen LogP) is 3.19. The van der Waals surface area contributed by atoms with Crippen molar-refractivity contribution in [3.8, 4) is 0 Å². The van der Waals surface area contributed by atoms with E-state index in [9.17, 15) is 0 Å². The van der Waals surface area contributed by atoms with Crippen molar-refractivity contribution in [3.63, 3.8) is 0 Å². The topological polar surface area (TPSA) is 71.5 Å². The number of aliphatic imine (C=N–C) groups is 1. The van der Waals surface area contributed by atoms with Crippen molar-refractivity contribution >= 4 is 29.9 Å². The number of aryl methyl sites for hydroxylation is 1. The maximum absolute atomic E-state index is 6.23. The molecule has 1 saturated heterocycles. The third-order valence-corrected chi connectivity index (χ3v) is 6.43. The molecule has 0 spiro atoms. The lowest BCUT2D eigenvalue weighted by atomic mass is 9.86. The van der Waals surface area contributed by atoms with E-state index in [4.69, 9.17) is 10.7 Å². The molecule has 1 aliphatic heterocycles. The van der Waals surface area contributed by atoms with Gasteiger partial charge >= 0.3 is 0 Å². The fraction of sp³-hybridized carbons (Fsp3) is 0.800. The van der Waals surface area contributed by atoms with Gasteiger partial charge in [-0.1, -0.05) is 19.3 Å². The molecule has 7 heteroatoms. The number of nitrogens with one attached hydrogen (secondary N) is 1. The average Bonchev–Trinajstić information content (AvgIpc) is 3.42. The maximum Gasteiger partial charge on any atom is 0.188 e. The van der Waals surface area contributed by atoms with Crippen molar-refractivity contribution < 1.29 is 0 Å². The minimum Gasteiger partial charge on any atom is -0.370 e. The number of piperidine rings is 1. The Balaban J connectivity index is 0.00000210. The summed E-state index contributed by atoms with van der Waals surface area (Å²) in [6.45, 7) is 2.02. The van der Waals surface area contributed by atoms with Crippen LogP contribution in [-0.2, 0) is 7.05 Å². The summed E-state index contributed by atoms with van der Waals surface area (Å²) in [7, 11) is 2.06. The van der Waals surface area contributed by atoms with E-state index in [1.165, 1.54) is 70.0 Å². The molecule has 2 saturated carbocycles. The first-order valence-electron chi connectivity index (χ1n) is 10.5. The molecule has 0 radical (unpaired) electrons. The van der Waals surface area contributed by atoms with Crippen LogP contribution >= 0.6 is 24.0 Å². The molecule has 1 aromatic heterocycles. The monoisotopic (exact) mass is 486 g/mol. The number of aromatic nitrogens is 2. The van der Waals surface area contributed by atoms with Crippen molar-refractivity contribution in [1.82, 2.24) is 20.0 Å². The summed E-state index contributed by atoms with van der Waals surface area (Å²) in [5.74, 6) is 1.16. The van der Waals surface area contributed by atoms with Gasteiger partial charge in [-0.3, -0.25) is 14.6 Å². The van der Waals surface area contributed by atoms with Crippen LogP contribution in [0.5, 0.6) is 0 Å². The van der Waals surface area contributed by atoms with E-state index < -0.39 is 0 Å². The lowest BCUT2D eigenvalue weighted by Crippen LogP contribution is -2.44. The summed E-state index contributed by atoms with van der Waals surface area (Å²) in [6.07, 6.45) is 13.5. The van der Waals surface area contributed by atoms with Crippen molar-refractivity contribution in [2.75, 3.05) is 13.1 Å². The van der Waals surface area contributed by atoms with Gasteiger partial charge < -0.3 is 11.1 Å². The molecule has 0 amide bonds. The second-order valence-corrected chi connectivity index (χ2v) is 8.40. The fourth-order valence-corrected chi connectivity index (χ4v) is 4.91. The largest absolute Gasteiger partial charge is 0.370 e. The molecule has 3 aliphatic rings. The molecular weight excluding hydrogens is 451 g/mol. The Kier molecular flexibility index (Phi) is 7.42. The minimum absolute atomic E-state index is 0. The highest BCUT2D eigenvalue weighted by Gasteiger charge is 2.41. The SMILES string of the molecule is Cn1nccc1[C@H]1[C@H](CN=C(N)NC2CCCCC2)CCCN1C1CC1.I. The number of guanidine groups is 1. The number of nitrogens with zero attached hydrogens (tertiary/aromatic N) is 4. The smallest absolute Gasteiger partial charge is 0.188 e. The predicted molar refractivity (Wildman–Crippen MR) is 120 cm³/mol. The molecule has 0 bridgehead atoms. The molecular formula is C20H35IN6. The molecule has 0 unspecified atom stereocenters. The summed E-state index contributed by atoms with van der Waals surface area (Å²) < 4.78 is 2.05. The molecule has 2 aliphatic carbocycles. The van der Waals surface area contributed by atoms with Crippen LogP contribution in [0.1, 0.15) is 69.5 Å². The van der Waals surface area contributed by atoms with E-state index >= 15 is 0 Å². The van der Waals surface area contributed by atoms with Crippen molar-refractivity contribution in [3.05, 3.63) is 18.0 Å². The highest BCUT2D eigenvalue weighted by atomic mass is 127. The number of rotatable bonds is 5. The van der Waals surface area contributed by atoms with E-state index in [1.54, 1.807) is 0 Å². The van der Waals surface area contributed by atoms with Crippen LogP contribution in [0.15, 0.2) is 17.3 Å². The lowest BCUT2D eigenvalue weighted by molar-refractivity contribution is 0.0824. The molecule has 2 atom stereocenters. The number of hydrogen-bond donors (Lipinski definition) is 2. The molecule has 3 N–H and O–H groups in total. The van der Waals surface area contributed by atoms with Crippen LogP contribution in [-0.4, -0.2) is 45.8 Å². The fourth-order valence-electron chi connectivity index (χ4n) is 4.91. The molecule has 0 aromatic carbocycles. The Hall–Kier alpha value is -0.830. The van der Waals surface area contributed by atoms with Gasteiger partial charge in [0.2, 0.25) is 0 Å². The van der Waals surface area contributed by atoms with Crippen LogP contribution in [0.3, 0.4) is 0 Å².